The number of carbonyl (C=O) groups excluding carboxylic acids is 1. The Kier molecular flexibility index (Phi) is 5.67. The van der Waals surface area contributed by atoms with Gasteiger partial charge in [0, 0.05) is 36.5 Å². The molecule has 3 rings (SSSR count). The maximum Gasteiger partial charge on any atom is 0.270 e. The summed E-state index contributed by atoms with van der Waals surface area (Å²) in [6, 6.07) is 7.70. The average molecular weight is 361 g/mol. The van der Waals surface area contributed by atoms with E-state index in [1.807, 2.05) is 38.1 Å². The fourth-order valence-corrected chi connectivity index (χ4v) is 3.51. The predicted octanol–water partition coefficient (Wildman–Crippen LogP) is 1.91. The standard InChI is InChI=1S/C18H23N3O3S/c1-11(2)24-14-5-3-12(4-6-14)18-21-15(10-25-18)17(23)20-8-13-7-19-9-16(13)22/h3-6,10-11,13,16,19,22H,7-9H2,1-2H3,(H,20,23). The van der Waals surface area contributed by atoms with Crippen LogP contribution in [0.25, 0.3) is 10.6 Å². The van der Waals surface area contributed by atoms with Gasteiger partial charge in [0.2, 0.25) is 0 Å². The molecule has 2 atom stereocenters. The van der Waals surface area contributed by atoms with Crippen molar-refractivity contribution in [2.75, 3.05) is 19.6 Å². The first-order valence-electron chi connectivity index (χ1n) is 8.42. The molecule has 0 aliphatic carbocycles. The van der Waals surface area contributed by atoms with Crippen molar-refractivity contribution in [1.29, 1.82) is 0 Å². The molecule has 1 aliphatic heterocycles. The molecule has 25 heavy (non-hydrogen) atoms. The number of rotatable bonds is 6. The molecule has 3 N–H and O–H groups in total. The second-order valence-corrected chi connectivity index (χ2v) is 7.28. The Morgan fingerprint density at radius 1 is 1.40 bits per heavy atom. The highest BCUT2D eigenvalue weighted by Crippen LogP contribution is 2.26. The van der Waals surface area contributed by atoms with Crippen LogP contribution in [-0.4, -0.2) is 47.8 Å². The van der Waals surface area contributed by atoms with Crippen LogP contribution in [0.4, 0.5) is 0 Å². The summed E-state index contributed by atoms with van der Waals surface area (Å²) in [5.74, 6) is 0.661. The highest BCUT2D eigenvalue weighted by molar-refractivity contribution is 7.13. The second-order valence-electron chi connectivity index (χ2n) is 6.42. The van der Waals surface area contributed by atoms with Gasteiger partial charge in [0.25, 0.3) is 5.91 Å². The van der Waals surface area contributed by atoms with Gasteiger partial charge in [-0.3, -0.25) is 4.79 Å². The zero-order chi connectivity index (χ0) is 17.8. The lowest BCUT2D eigenvalue weighted by molar-refractivity contribution is 0.0923. The fraction of sp³-hybridized carbons (Fsp3) is 0.444. The van der Waals surface area contributed by atoms with Gasteiger partial charge >= 0.3 is 0 Å². The van der Waals surface area contributed by atoms with E-state index in [2.05, 4.69) is 15.6 Å². The van der Waals surface area contributed by atoms with Crippen molar-refractivity contribution in [2.24, 2.45) is 5.92 Å². The van der Waals surface area contributed by atoms with Crippen molar-refractivity contribution >= 4 is 17.2 Å². The van der Waals surface area contributed by atoms with E-state index in [4.69, 9.17) is 4.74 Å². The molecule has 1 saturated heterocycles. The van der Waals surface area contributed by atoms with Gasteiger partial charge in [0.1, 0.15) is 16.5 Å². The highest BCUT2D eigenvalue weighted by atomic mass is 32.1. The Labute approximate surface area is 151 Å². The van der Waals surface area contributed by atoms with Gasteiger partial charge in [-0.25, -0.2) is 4.98 Å². The third kappa shape index (κ3) is 4.56. The third-order valence-corrected chi connectivity index (χ3v) is 4.93. The lowest BCUT2D eigenvalue weighted by Gasteiger charge is -2.13. The lowest BCUT2D eigenvalue weighted by Crippen LogP contribution is -2.34. The SMILES string of the molecule is CC(C)Oc1ccc(-c2nc(C(=O)NCC3CNCC3O)cs2)cc1. The van der Waals surface area contributed by atoms with Crippen LogP contribution in [-0.2, 0) is 0 Å². The van der Waals surface area contributed by atoms with Crippen LogP contribution in [0.15, 0.2) is 29.6 Å². The maximum absolute atomic E-state index is 12.2. The van der Waals surface area contributed by atoms with Crippen molar-refractivity contribution in [3.63, 3.8) is 0 Å². The molecule has 6 nitrogen and oxygen atoms in total. The molecule has 2 aromatic rings. The number of hydrogen-bond donors (Lipinski definition) is 3. The van der Waals surface area contributed by atoms with Crippen molar-refractivity contribution in [2.45, 2.75) is 26.1 Å². The molecule has 0 bridgehead atoms. The van der Waals surface area contributed by atoms with E-state index in [9.17, 15) is 9.90 Å². The molecule has 134 valence electrons. The normalized spacial score (nSPS) is 20.0. The number of aliphatic hydroxyl groups excluding tert-OH is 1. The van der Waals surface area contributed by atoms with Crippen molar-refractivity contribution in [1.82, 2.24) is 15.6 Å². The highest BCUT2D eigenvalue weighted by Gasteiger charge is 2.25. The topological polar surface area (TPSA) is 83.5 Å². The van der Waals surface area contributed by atoms with Crippen LogP contribution in [0.5, 0.6) is 5.75 Å². The number of thiazole rings is 1. The van der Waals surface area contributed by atoms with Gasteiger partial charge < -0.3 is 20.5 Å². The average Bonchev–Trinajstić information content (AvgIpc) is 3.22. The van der Waals surface area contributed by atoms with E-state index in [-0.39, 0.29) is 17.9 Å². The molecule has 0 radical (unpaired) electrons. The van der Waals surface area contributed by atoms with Gasteiger partial charge in [-0.15, -0.1) is 11.3 Å². The van der Waals surface area contributed by atoms with Crippen LogP contribution >= 0.6 is 11.3 Å². The van der Waals surface area contributed by atoms with E-state index in [0.717, 1.165) is 16.3 Å². The molecule has 1 aliphatic rings. The smallest absolute Gasteiger partial charge is 0.270 e. The first-order valence-corrected chi connectivity index (χ1v) is 9.30. The van der Waals surface area contributed by atoms with E-state index in [1.165, 1.54) is 11.3 Å². The first-order chi connectivity index (χ1) is 12.0. The van der Waals surface area contributed by atoms with Crippen LogP contribution < -0.4 is 15.4 Å². The maximum atomic E-state index is 12.2. The fourth-order valence-electron chi connectivity index (χ4n) is 2.70. The summed E-state index contributed by atoms with van der Waals surface area (Å²) < 4.78 is 5.63. The first kappa shape index (κ1) is 17.8. The van der Waals surface area contributed by atoms with Gasteiger partial charge in [-0.05, 0) is 38.1 Å². The van der Waals surface area contributed by atoms with Gasteiger partial charge in [0.05, 0.1) is 12.2 Å². The molecular formula is C18H23N3O3S. The summed E-state index contributed by atoms with van der Waals surface area (Å²) in [7, 11) is 0. The summed E-state index contributed by atoms with van der Waals surface area (Å²) in [6.07, 6.45) is -0.271. The number of aromatic nitrogens is 1. The zero-order valence-corrected chi connectivity index (χ0v) is 15.2. The number of benzene rings is 1. The molecule has 1 amide bonds. The zero-order valence-electron chi connectivity index (χ0n) is 14.4. The number of amides is 1. The lowest BCUT2D eigenvalue weighted by atomic mass is 10.1. The summed E-state index contributed by atoms with van der Waals surface area (Å²) in [5, 5.41) is 18.3. The van der Waals surface area contributed by atoms with E-state index < -0.39 is 6.10 Å². The molecular weight excluding hydrogens is 338 g/mol. The Morgan fingerprint density at radius 3 is 2.80 bits per heavy atom. The number of ether oxygens (including phenoxy) is 1. The molecule has 1 fully saturated rings. The monoisotopic (exact) mass is 361 g/mol. The predicted molar refractivity (Wildman–Crippen MR) is 98.0 cm³/mol. The van der Waals surface area contributed by atoms with Crippen LogP contribution in [0.3, 0.4) is 0 Å². The van der Waals surface area contributed by atoms with E-state index in [1.54, 1.807) is 5.38 Å². The molecule has 2 unspecified atom stereocenters. The van der Waals surface area contributed by atoms with Crippen LogP contribution in [0.1, 0.15) is 24.3 Å². The quantitative estimate of drug-likeness (QED) is 0.732. The van der Waals surface area contributed by atoms with E-state index in [0.29, 0.717) is 25.3 Å². The number of β-amino-alcohol motifs (C(OH)–C–C–N with tert-alkyl or cyclic N) is 1. The largest absolute Gasteiger partial charge is 0.491 e. The van der Waals surface area contributed by atoms with Crippen molar-refractivity contribution < 1.29 is 14.6 Å². The number of hydrogen-bond acceptors (Lipinski definition) is 6. The Morgan fingerprint density at radius 2 is 2.16 bits per heavy atom. The number of nitrogens with zero attached hydrogens (tertiary/aromatic N) is 1. The third-order valence-electron chi connectivity index (χ3n) is 4.04. The van der Waals surface area contributed by atoms with Gasteiger partial charge in [-0.1, -0.05) is 0 Å². The molecule has 1 aromatic carbocycles. The Bertz CT molecular complexity index is 715. The van der Waals surface area contributed by atoms with Crippen LogP contribution in [0, 0.1) is 5.92 Å². The summed E-state index contributed by atoms with van der Waals surface area (Å²) >= 11 is 1.43. The summed E-state index contributed by atoms with van der Waals surface area (Å²) in [5.41, 5.74) is 1.36. The number of nitrogens with one attached hydrogen (secondary N) is 2. The molecule has 0 saturated carbocycles. The molecule has 1 aromatic heterocycles. The van der Waals surface area contributed by atoms with E-state index >= 15 is 0 Å². The Balaban J connectivity index is 1.60. The van der Waals surface area contributed by atoms with Gasteiger partial charge in [-0.2, -0.15) is 0 Å². The van der Waals surface area contributed by atoms with Crippen LogP contribution in [0.2, 0.25) is 0 Å². The van der Waals surface area contributed by atoms with Crippen molar-refractivity contribution in [3.8, 4) is 16.3 Å². The minimum absolute atomic E-state index is 0.0514. The van der Waals surface area contributed by atoms with Crippen molar-refractivity contribution in [3.05, 3.63) is 35.3 Å². The molecule has 2 heterocycles. The minimum Gasteiger partial charge on any atom is -0.491 e. The number of aliphatic hydroxyl groups is 1. The summed E-state index contributed by atoms with van der Waals surface area (Å²) in [6.45, 7) is 5.72. The van der Waals surface area contributed by atoms with Gasteiger partial charge in [0.15, 0.2) is 0 Å². The second kappa shape index (κ2) is 7.95. The summed E-state index contributed by atoms with van der Waals surface area (Å²) in [4.78, 5) is 16.7. The molecule has 7 heteroatoms. The number of carbonyl (C=O) groups is 1. The molecule has 0 spiro atoms. The minimum atomic E-state index is -0.405. The Hall–Kier alpha value is -1.96.